The summed E-state index contributed by atoms with van der Waals surface area (Å²) in [5.74, 6) is 0.606. The minimum atomic E-state index is -0.121. The number of furan rings is 1. The summed E-state index contributed by atoms with van der Waals surface area (Å²) in [5.41, 5.74) is 20.2. The second-order valence-corrected chi connectivity index (χ2v) is 17.1. The van der Waals surface area contributed by atoms with Gasteiger partial charge >= 0.3 is 0 Å². The summed E-state index contributed by atoms with van der Waals surface area (Å²) in [6.07, 6.45) is 0. The van der Waals surface area contributed by atoms with Crippen molar-refractivity contribution in [3.05, 3.63) is 192 Å². The standard InChI is InChI=1S/C55H40N2O2/c1-54(2)41-18-10-8-16-37(41)51-43(54)20-12-22-46(51)57(47-23-13-21-44-52(47)38-17-9-11-19-42(38)55(44,3)4)36-27-24-33(25-28-36)35-26-29-48-39(30-35)40-31-45-50(32-49(40)58-48)59-53(56-45)34-14-6-5-7-15-34/h5-32H,1-4H3. The lowest BCUT2D eigenvalue weighted by atomic mass is 9.82. The molecule has 4 nitrogen and oxygen atoms in total. The second-order valence-electron chi connectivity index (χ2n) is 17.1. The number of nitrogens with zero attached hydrogens (tertiary/aromatic N) is 2. The van der Waals surface area contributed by atoms with Crippen molar-refractivity contribution in [2.75, 3.05) is 4.90 Å². The predicted molar refractivity (Wildman–Crippen MR) is 242 cm³/mol. The highest BCUT2D eigenvalue weighted by Gasteiger charge is 2.40. The van der Waals surface area contributed by atoms with Gasteiger partial charge in [-0.25, -0.2) is 4.98 Å². The number of aromatic nitrogens is 1. The highest BCUT2D eigenvalue weighted by Crippen LogP contribution is 2.58. The maximum Gasteiger partial charge on any atom is 0.227 e. The molecule has 0 saturated carbocycles. The molecule has 59 heavy (non-hydrogen) atoms. The van der Waals surface area contributed by atoms with E-state index in [0.29, 0.717) is 11.5 Å². The highest BCUT2D eigenvalue weighted by atomic mass is 16.4. The molecule has 10 aromatic rings. The SMILES string of the molecule is CC1(C)c2ccccc2-c2c(N(c3ccc(-c4ccc5oc6cc7oc(-c8ccccc8)nc7cc6c5c4)cc3)c3cccc4c3-c3ccccc3C4(C)C)cccc21. The molecule has 2 aromatic heterocycles. The first-order valence-electron chi connectivity index (χ1n) is 20.5. The van der Waals surface area contributed by atoms with Crippen LogP contribution in [0.1, 0.15) is 49.9 Å². The normalized spacial score (nSPS) is 14.4. The van der Waals surface area contributed by atoms with E-state index in [1.807, 2.05) is 36.4 Å². The molecule has 0 bridgehead atoms. The molecular formula is C55H40N2O2. The Morgan fingerprint density at radius 3 is 1.63 bits per heavy atom. The van der Waals surface area contributed by atoms with Gasteiger partial charge in [0.1, 0.15) is 16.7 Å². The maximum atomic E-state index is 6.37. The summed E-state index contributed by atoms with van der Waals surface area (Å²) < 4.78 is 12.5. The first-order chi connectivity index (χ1) is 28.8. The predicted octanol–water partition coefficient (Wildman–Crippen LogP) is 15.1. The van der Waals surface area contributed by atoms with Gasteiger partial charge in [-0.15, -0.1) is 0 Å². The molecule has 0 aliphatic heterocycles. The van der Waals surface area contributed by atoms with E-state index in [-0.39, 0.29) is 10.8 Å². The third-order valence-electron chi connectivity index (χ3n) is 13.1. The minimum Gasteiger partial charge on any atom is -0.456 e. The Bertz CT molecular complexity index is 3220. The smallest absolute Gasteiger partial charge is 0.227 e. The van der Waals surface area contributed by atoms with Crippen LogP contribution >= 0.6 is 0 Å². The molecule has 0 saturated heterocycles. The van der Waals surface area contributed by atoms with E-state index in [0.717, 1.165) is 49.8 Å². The number of benzene rings is 8. The van der Waals surface area contributed by atoms with Gasteiger partial charge in [-0.2, -0.15) is 0 Å². The molecule has 0 spiro atoms. The van der Waals surface area contributed by atoms with E-state index in [1.54, 1.807) is 0 Å². The molecule has 0 N–H and O–H groups in total. The molecular weight excluding hydrogens is 721 g/mol. The fraction of sp³-hybridized carbons (Fsp3) is 0.109. The third-order valence-corrected chi connectivity index (χ3v) is 13.1. The van der Waals surface area contributed by atoms with Crippen molar-refractivity contribution in [2.24, 2.45) is 0 Å². The van der Waals surface area contributed by atoms with Crippen molar-refractivity contribution < 1.29 is 8.83 Å². The van der Waals surface area contributed by atoms with E-state index >= 15 is 0 Å². The van der Waals surface area contributed by atoms with Gasteiger partial charge in [0.05, 0.1) is 11.4 Å². The summed E-state index contributed by atoms with van der Waals surface area (Å²) in [4.78, 5) is 7.36. The highest BCUT2D eigenvalue weighted by molar-refractivity contribution is 6.10. The van der Waals surface area contributed by atoms with Crippen molar-refractivity contribution in [3.8, 4) is 44.8 Å². The monoisotopic (exact) mass is 760 g/mol. The Morgan fingerprint density at radius 2 is 0.983 bits per heavy atom. The Kier molecular flexibility index (Phi) is 7.00. The number of anilines is 3. The lowest BCUT2D eigenvalue weighted by Crippen LogP contribution is -2.17. The van der Waals surface area contributed by atoms with Crippen LogP contribution in [0.15, 0.2) is 179 Å². The lowest BCUT2D eigenvalue weighted by molar-refractivity contribution is 0.617. The Morgan fingerprint density at radius 1 is 0.424 bits per heavy atom. The van der Waals surface area contributed by atoms with Crippen molar-refractivity contribution in [3.63, 3.8) is 0 Å². The molecule has 2 heterocycles. The average Bonchev–Trinajstić information content (AvgIpc) is 3.98. The van der Waals surface area contributed by atoms with Crippen molar-refractivity contribution >= 4 is 50.1 Å². The van der Waals surface area contributed by atoms with Crippen LogP contribution in [0.2, 0.25) is 0 Å². The molecule has 0 atom stereocenters. The molecule has 2 aliphatic carbocycles. The molecule has 0 amide bonds. The summed E-state index contributed by atoms with van der Waals surface area (Å²) in [5, 5.41) is 2.07. The van der Waals surface area contributed by atoms with Gasteiger partial charge in [0.15, 0.2) is 5.58 Å². The number of rotatable bonds is 5. The molecule has 0 radical (unpaired) electrons. The van der Waals surface area contributed by atoms with Gasteiger partial charge in [-0.1, -0.05) is 137 Å². The third kappa shape index (κ3) is 4.87. The first-order valence-corrected chi connectivity index (χ1v) is 20.5. The van der Waals surface area contributed by atoms with Gasteiger partial charge < -0.3 is 13.7 Å². The van der Waals surface area contributed by atoms with E-state index in [9.17, 15) is 0 Å². The number of oxazole rings is 1. The number of fused-ring (bicyclic) bond motifs is 10. The van der Waals surface area contributed by atoms with Crippen LogP contribution in [0.5, 0.6) is 0 Å². The van der Waals surface area contributed by atoms with E-state index in [1.165, 1.54) is 55.9 Å². The minimum absolute atomic E-state index is 0.121. The largest absolute Gasteiger partial charge is 0.456 e. The Balaban J connectivity index is 1.01. The van der Waals surface area contributed by atoms with Gasteiger partial charge in [0.25, 0.3) is 0 Å². The van der Waals surface area contributed by atoms with Crippen LogP contribution in [0.3, 0.4) is 0 Å². The first kappa shape index (κ1) is 33.9. The second kappa shape index (κ2) is 12.2. The van der Waals surface area contributed by atoms with Gasteiger partial charge in [0.2, 0.25) is 5.89 Å². The number of hydrogen-bond acceptors (Lipinski definition) is 4. The zero-order valence-electron chi connectivity index (χ0n) is 33.4. The van der Waals surface area contributed by atoms with Crippen LogP contribution in [0, 0.1) is 0 Å². The Hall–Kier alpha value is -7.17. The van der Waals surface area contributed by atoms with Crippen LogP contribution < -0.4 is 4.90 Å². The number of hydrogen-bond donors (Lipinski definition) is 0. The van der Waals surface area contributed by atoms with E-state index in [4.69, 9.17) is 13.8 Å². The quantitative estimate of drug-likeness (QED) is 0.175. The van der Waals surface area contributed by atoms with Crippen LogP contribution in [-0.4, -0.2) is 4.98 Å². The van der Waals surface area contributed by atoms with Gasteiger partial charge in [0, 0.05) is 50.0 Å². The van der Waals surface area contributed by atoms with Crippen molar-refractivity contribution in [1.29, 1.82) is 0 Å². The fourth-order valence-electron chi connectivity index (χ4n) is 10.1. The van der Waals surface area contributed by atoms with Gasteiger partial charge in [-0.05, 0) is 99.1 Å². The molecule has 12 rings (SSSR count). The molecule has 282 valence electrons. The van der Waals surface area contributed by atoms with Crippen molar-refractivity contribution in [2.45, 2.75) is 38.5 Å². The van der Waals surface area contributed by atoms with E-state index in [2.05, 4.69) is 166 Å². The van der Waals surface area contributed by atoms with E-state index < -0.39 is 0 Å². The summed E-state index contributed by atoms with van der Waals surface area (Å²) >= 11 is 0. The van der Waals surface area contributed by atoms with Crippen LogP contribution in [-0.2, 0) is 10.8 Å². The molecule has 2 aliphatic rings. The van der Waals surface area contributed by atoms with Crippen LogP contribution in [0.4, 0.5) is 17.1 Å². The van der Waals surface area contributed by atoms with Crippen molar-refractivity contribution in [1.82, 2.24) is 4.98 Å². The summed E-state index contributed by atoms with van der Waals surface area (Å²) in [6, 6.07) is 61.3. The molecule has 8 aromatic carbocycles. The Labute approximate surface area is 343 Å². The zero-order chi connectivity index (χ0) is 39.6. The topological polar surface area (TPSA) is 42.4 Å². The fourth-order valence-corrected chi connectivity index (χ4v) is 10.1. The van der Waals surface area contributed by atoms with Crippen LogP contribution in [0.25, 0.3) is 77.9 Å². The molecule has 4 heteroatoms. The average molecular weight is 761 g/mol. The maximum absolute atomic E-state index is 6.37. The molecule has 0 fully saturated rings. The zero-order valence-corrected chi connectivity index (χ0v) is 33.4. The molecule has 0 unspecified atom stereocenters. The summed E-state index contributed by atoms with van der Waals surface area (Å²) in [6.45, 7) is 9.43. The summed E-state index contributed by atoms with van der Waals surface area (Å²) in [7, 11) is 0. The lowest BCUT2D eigenvalue weighted by Gasteiger charge is -2.31. The van der Waals surface area contributed by atoms with Gasteiger partial charge in [-0.3, -0.25) is 0 Å².